The minimum atomic E-state index is -4.48. The average molecular weight is 378 g/mol. The number of alkyl halides is 3. The smallest absolute Gasteiger partial charge is 0.339 e. The van der Waals surface area contributed by atoms with E-state index >= 15 is 0 Å². The van der Waals surface area contributed by atoms with E-state index in [1.165, 1.54) is 17.5 Å². The molecule has 1 N–H and O–H groups in total. The molecule has 0 saturated heterocycles. The third-order valence-corrected chi connectivity index (χ3v) is 4.71. The molecule has 0 saturated carbocycles. The molecule has 10 heteroatoms. The Kier molecular flexibility index (Phi) is 3.98. The molecule has 0 bridgehead atoms. The minimum Gasteiger partial charge on any atom is -0.339 e. The zero-order valence-electron chi connectivity index (χ0n) is 13.6. The van der Waals surface area contributed by atoms with Gasteiger partial charge in [0.15, 0.2) is 10.8 Å². The Balaban J connectivity index is 1.70. The van der Waals surface area contributed by atoms with Gasteiger partial charge < -0.3 is 9.55 Å². The summed E-state index contributed by atoms with van der Waals surface area (Å²) in [6.07, 6.45) is 0.493. The van der Waals surface area contributed by atoms with Gasteiger partial charge in [-0.2, -0.15) is 13.2 Å². The van der Waals surface area contributed by atoms with Crippen molar-refractivity contribution < 1.29 is 13.2 Å². The van der Waals surface area contributed by atoms with Gasteiger partial charge in [-0.15, -0.1) is 11.3 Å². The largest absolute Gasteiger partial charge is 0.433 e. The van der Waals surface area contributed by atoms with Crippen LogP contribution in [0.1, 0.15) is 24.1 Å². The van der Waals surface area contributed by atoms with E-state index in [4.69, 9.17) is 0 Å². The number of thiazole rings is 1. The highest BCUT2D eigenvalue weighted by Crippen LogP contribution is 2.30. The van der Waals surface area contributed by atoms with E-state index in [1.54, 1.807) is 17.0 Å². The number of nitrogens with zero attached hydrogens (tertiary/aromatic N) is 5. The van der Waals surface area contributed by atoms with E-state index in [1.807, 2.05) is 12.3 Å². The Morgan fingerprint density at radius 3 is 2.73 bits per heavy atom. The standard InChI is InChI=1S/C16H13F3N6S/c1-2-25-11-6-12(16(17,18)19)21-8-10(11)24-13(25)5-9-7-22-14(23-9)15-20-3-4-26-15/h3-4,6-8H,2,5H2,1H3,(H,22,23). The molecule has 134 valence electrons. The second-order valence-electron chi connectivity index (χ2n) is 5.60. The van der Waals surface area contributed by atoms with E-state index < -0.39 is 11.9 Å². The molecule has 0 aromatic carbocycles. The van der Waals surface area contributed by atoms with Gasteiger partial charge in [0.1, 0.15) is 17.0 Å². The summed E-state index contributed by atoms with van der Waals surface area (Å²) in [5.74, 6) is 1.31. The maximum atomic E-state index is 12.9. The maximum absolute atomic E-state index is 12.9. The molecule has 4 rings (SSSR count). The highest BCUT2D eigenvalue weighted by Gasteiger charge is 2.33. The van der Waals surface area contributed by atoms with Crippen LogP contribution in [0.15, 0.2) is 30.0 Å². The summed E-state index contributed by atoms with van der Waals surface area (Å²) in [7, 11) is 0. The van der Waals surface area contributed by atoms with Crippen LogP contribution in [0.3, 0.4) is 0 Å². The molecule has 0 radical (unpaired) electrons. The molecule has 0 unspecified atom stereocenters. The quantitative estimate of drug-likeness (QED) is 0.584. The van der Waals surface area contributed by atoms with Gasteiger partial charge in [0.25, 0.3) is 0 Å². The number of pyridine rings is 1. The fourth-order valence-corrected chi connectivity index (χ4v) is 3.38. The van der Waals surface area contributed by atoms with Crippen LogP contribution in [0, 0.1) is 0 Å². The van der Waals surface area contributed by atoms with Crippen molar-refractivity contribution in [2.24, 2.45) is 0 Å². The van der Waals surface area contributed by atoms with Crippen molar-refractivity contribution >= 4 is 22.4 Å². The van der Waals surface area contributed by atoms with Crippen LogP contribution < -0.4 is 0 Å². The number of halogens is 3. The zero-order chi connectivity index (χ0) is 18.3. The van der Waals surface area contributed by atoms with Gasteiger partial charge in [0.2, 0.25) is 0 Å². The summed E-state index contributed by atoms with van der Waals surface area (Å²) in [6, 6.07) is 1.04. The van der Waals surface area contributed by atoms with Crippen LogP contribution in [-0.2, 0) is 19.1 Å². The van der Waals surface area contributed by atoms with E-state index in [0.717, 1.165) is 16.8 Å². The van der Waals surface area contributed by atoms with E-state index in [0.29, 0.717) is 35.6 Å². The van der Waals surface area contributed by atoms with Crippen LogP contribution >= 0.6 is 11.3 Å². The van der Waals surface area contributed by atoms with Crippen LogP contribution in [0.25, 0.3) is 21.9 Å². The van der Waals surface area contributed by atoms with E-state index in [9.17, 15) is 13.2 Å². The Labute approximate surface area is 149 Å². The Morgan fingerprint density at radius 1 is 1.19 bits per heavy atom. The molecule has 0 amide bonds. The Morgan fingerprint density at radius 2 is 2.04 bits per heavy atom. The topological polar surface area (TPSA) is 72.3 Å². The van der Waals surface area contributed by atoms with Gasteiger partial charge in [-0.05, 0) is 13.0 Å². The molecular weight excluding hydrogens is 365 g/mol. The number of nitrogens with one attached hydrogen (secondary N) is 1. The summed E-state index contributed by atoms with van der Waals surface area (Å²) in [6.45, 7) is 2.37. The molecule has 26 heavy (non-hydrogen) atoms. The van der Waals surface area contributed by atoms with Gasteiger partial charge in [-0.1, -0.05) is 0 Å². The Bertz CT molecular complexity index is 1050. The number of aryl methyl sites for hydroxylation is 1. The second kappa shape index (κ2) is 6.20. The van der Waals surface area contributed by atoms with Crippen molar-refractivity contribution in [1.29, 1.82) is 0 Å². The number of rotatable bonds is 4. The van der Waals surface area contributed by atoms with Crippen molar-refractivity contribution in [2.75, 3.05) is 0 Å². The van der Waals surface area contributed by atoms with Crippen molar-refractivity contribution in [3.8, 4) is 10.8 Å². The monoisotopic (exact) mass is 378 g/mol. The first-order chi connectivity index (χ1) is 12.5. The van der Waals surface area contributed by atoms with Gasteiger partial charge >= 0.3 is 6.18 Å². The number of hydrogen-bond donors (Lipinski definition) is 1. The van der Waals surface area contributed by atoms with Crippen molar-refractivity contribution in [2.45, 2.75) is 26.1 Å². The first-order valence-corrected chi connectivity index (χ1v) is 8.69. The molecule has 4 heterocycles. The fraction of sp³-hybridized carbons (Fsp3) is 0.250. The summed E-state index contributed by atoms with van der Waals surface area (Å²) in [5.41, 5.74) is 0.752. The molecule has 0 aliphatic carbocycles. The molecule has 0 spiro atoms. The highest BCUT2D eigenvalue weighted by atomic mass is 32.1. The highest BCUT2D eigenvalue weighted by molar-refractivity contribution is 7.13. The molecule has 4 aromatic rings. The lowest BCUT2D eigenvalue weighted by Crippen LogP contribution is -2.08. The lowest BCUT2D eigenvalue weighted by atomic mass is 10.3. The van der Waals surface area contributed by atoms with E-state index in [2.05, 4.69) is 24.9 Å². The Hall–Kier alpha value is -2.75. The zero-order valence-corrected chi connectivity index (χ0v) is 14.4. The third kappa shape index (κ3) is 2.96. The fourth-order valence-electron chi connectivity index (χ4n) is 2.79. The maximum Gasteiger partial charge on any atom is 0.433 e. The number of H-pyrrole nitrogens is 1. The number of fused-ring (bicyclic) bond motifs is 1. The van der Waals surface area contributed by atoms with Crippen molar-refractivity contribution in [3.05, 3.63) is 47.2 Å². The first kappa shape index (κ1) is 16.7. The second-order valence-corrected chi connectivity index (χ2v) is 6.49. The summed E-state index contributed by atoms with van der Waals surface area (Å²) >= 11 is 1.47. The number of aromatic amines is 1. The van der Waals surface area contributed by atoms with Crippen molar-refractivity contribution in [3.63, 3.8) is 0 Å². The molecule has 0 aliphatic heterocycles. The number of aromatic nitrogens is 6. The van der Waals surface area contributed by atoms with Crippen LogP contribution in [0.5, 0.6) is 0 Å². The SMILES string of the molecule is CCn1c(Cc2cnc(-c3nccs3)[nH]2)nc2cnc(C(F)(F)F)cc21. The average Bonchev–Trinajstić information content (AvgIpc) is 3.32. The van der Waals surface area contributed by atoms with Crippen LogP contribution in [0.4, 0.5) is 13.2 Å². The normalized spacial score (nSPS) is 12.2. The predicted octanol–water partition coefficient (Wildman–Crippen LogP) is 3.91. The number of imidazole rings is 2. The predicted molar refractivity (Wildman–Crippen MR) is 90.7 cm³/mol. The molecule has 4 aromatic heterocycles. The van der Waals surface area contributed by atoms with Crippen LogP contribution in [-0.4, -0.2) is 29.5 Å². The summed E-state index contributed by atoms with van der Waals surface area (Å²) in [4.78, 5) is 19.6. The molecule has 0 atom stereocenters. The lowest BCUT2D eigenvalue weighted by molar-refractivity contribution is -0.141. The van der Waals surface area contributed by atoms with Gasteiger partial charge in [0, 0.05) is 36.4 Å². The molecule has 0 fully saturated rings. The molecule has 0 aliphatic rings. The van der Waals surface area contributed by atoms with Gasteiger partial charge in [0.05, 0.1) is 11.7 Å². The molecular formula is C16H13F3N6S. The number of hydrogen-bond acceptors (Lipinski definition) is 5. The lowest BCUT2D eigenvalue weighted by Gasteiger charge is -2.07. The van der Waals surface area contributed by atoms with Gasteiger partial charge in [-0.3, -0.25) is 0 Å². The van der Waals surface area contributed by atoms with Crippen molar-refractivity contribution in [1.82, 2.24) is 29.5 Å². The summed E-state index contributed by atoms with van der Waals surface area (Å²) < 4.78 is 40.6. The van der Waals surface area contributed by atoms with Gasteiger partial charge in [-0.25, -0.2) is 19.9 Å². The minimum absolute atomic E-state index is 0.419. The third-order valence-electron chi connectivity index (χ3n) is 3.93. The summed E-state index contributed by atoms with van der Waals surface area (Å²) in [5, 5.41) is 2.64. The molecule has 6 nitrogen and oxygen atoms in total. The van der Waals surface area contributed by atoms with E-state index in [-0.39, 0.29) is 0 Å². The first-order valence-electron chi connectivity index (χ1n) is 7.82. The van der Waals surface area contributed by atoms with Crippen LogP contribution in [0.2, 0.25) is 0 Å².